The Bertz CT molecular complexity index is 1130. The summed E-state index contributed by atoms with van der Waals surface area (Å²) in [5.74, 6) is -1.59. The summed E-state index contributed by atoms with van der Waals surface area (Å²) in [5.41, 5.74) is 3.11. The molecule has 31 heavy (non-hydrogen) atoms. The second-order valence-corrected chi connectivity index (χ2v) is 8.37. The third-order valence-corrected chi connectivity index (χ3v) is 6.30. The number of aromatic nitrogens is 2. The van der Waals surface area contributed by atoms with E-state index in [2.05, 4.69) is 0 Å². The molecule has 3 N–H and O–H groups in total. The van der Waals surface area contributed by atoms with E-state index < -0.39 is 53.3 Å². The van der Waals surface area contributed by atoms with Crippen molar-refractivity contribution in [3.8, 4) is 0 Å². The fourth-order valence-corrected chi connectivity index (χ4v) is 4.68. The molecule has 170 valence electrons. The summed E-state index contributed by atoms with van der Waals surface area (Å²) >= 11 is 0. The summed E-state index contributed by atoms with van der Waals surface area (Å²) in [5, 5.41) is -0.523. The number of fused-ring (bicyclic) bond motifs is 1. The van der Waals surface area contributed by atoms with Crippen molar-refractivity contribution in [3.05, 3.63) is 37.8 Å². The first-order valence-electron chi connectivity index (χ1n) is 10.2. The number of nitrogens with zero attached hydrogens (tertiary/aromatic N) is 2. The number of hydrogen-bond donors (Lipinski definition) is 2. The predicted octanol–water partition coefficient (Wildman–Crippen LogP) is 3.22. The summed E-state index contributed by atoms with van der Waals surface area (Å²) in [6.07, 6.45) is -4.67. The smallest absolute Gasteiger partial charge is 0.329 e. The number of halogens is 5. The molecule has 1 aliphatic carbocycles. The van der Waals surface area contributed by atoms with Crippen LogP contribution in [0.25, 0.3) is 10.9 Å². The second-order valence-electron chi connectivity index (χ2n) is 8.37. The molecule has 1 saturated heterocycles. The van der Waals surface area contributed by atoms with Crippen LogP contribution in [0.1, 0.15) is 49.3 Å². The van der Waals surface area contributed by atoms with Gasteiger partial charge in [-0.3, -0.25) is 14.3 Å². The fraction of sp³-hybridized carbons (Fsp3) is 0.600. The average molecular weight is 446 g/mol. The number of anilines is 1. The lowest BCUT2D eigenvalue weighted by molar-refractivity contribution is 0.120. The number of aryl methyl sites for hydroxylation is 1. The lowest BCUT2D eigenvalue weighted by Gasteiger charge is -2.26. The SMILES string of the molecule is Cc1c(N2CCC(C(N)CC(F)F)C2)c(F)c(C(F)F)c2c(=O)[nH]c(=O)n(C3CC3)c12. The van der Waals surface area contributed by atoms with Gasteiger partial charge in [0.15, 0.2) is 5.82 Å². The molecule has 2 fully saturated rings. The van der Waals surface area contributed by atoms with E-state index in [0.29, 0.717) is 19.3 Å². The molecule has 4 rings (SSSR count). The van der Waals surface area contributed by atoms with Crippen LogP contribution in [0, 0.1) is 18.7 Å². The van der Waals surface area contributed by atoms with Crippen molar-refractivity contribution in [1.29, 1.82) is 0 Å². The molecule has 1 aromatic carbocycles. The Morgan fingerprint density at radius 2 is 1.84 bits per heavy atom. The predicted molar refractivity (Wildman–Crippen MR) is 106 cm³/mol. The highest BCUT2D eigenvalue weighted by Crippen LogP contribution is 2.43. The second kappa shape index (κ2) is 7.92. The van der Waals surface area contributed by atoms with Crippen molar-refractivity contribution in [1.82, 2.24) is 9.55 Å². The summed E-state index contributed by atoms with van der Waals surface area (Å²) in [7, 11) is 0. The number of nitrogens with one attached hydrogen (secondary N) is 1. The van der Waals surface area contributed by atoms with Crippen LogP contribution in [0.5, 0.6) is 0 Å². The fourth-order valence-electron chi connectivity index (χ4n) is 4.68. The number of benzene rings is 1. The molecule has 0 radical (unpaired) electrons. The van der Waals surface area contributed by atoms with Crippen molar-refractivity contribution < 1.29 is 22.0 Å². The largest absolute Gasteiger partial charge is 0.369 e. The molecule has 0 bridgehead atoms. The van der Waals surface area contributed by atoms with Crippen molar-refractivity contribution in [2.45, 2.75) is 57.5 Å². The van der Waals surface area contributed by atoms with E-state index in [4.69, 9.17) is 5.73 Å². The van der Waals surface area contributed by atoms with Crippen molar-refractivity contribution in [3.63, 3.8) is 0 Å². The van der Waals surface area contributed by atoms with Crippen LogP contribution in [0.3, 0.4) is 0 Å². The Morgan fingerprint density at radius 3 is 2.42 bits per heavy atom. The van der Waals surface area contributed by atoms with Crippen LogP contribution < -0.4 is 21.9 Å². The van der Waals surface area contributed by atoms with Crippen LogP contribution in [0.2, 0.25) is 0 Å². The standard InChI is InChI=1S/C20H23F5N4O2/c1-8-16-14(19(30)27-20(31)29(16)10-2-3-10)13(18(24)25)15(23)17(8)28-5-4-9(7-28)11(26)6-12(21)22/h9-12,18H,2-7,26H2,1H3,(H,27,30,31). The minimum atomic E-state index is -3.28. The summed E-state index contributed by atoms with van der Waals surface area (Å²) < 4.78 is 70.0. The zero-order chi connectivity index (χ0) is 22.6. The van der Waals surface area contributed by atoms with Gasteiger partial charge in [-0.1, -0.05) is 0 Å². The molecular weight excluding hydrogens is 423 g/mol. The van der Waals surface area contributed by atoms with Crippen molar-refractivity contribution in [2.24, 2.45) is 11.7 Å². The minimum absolute atomic E-state index is 0.00304. The van der Waals surface area contributed by atoms with Crippen LogP contribution in [-0.4, -0.2) is 35.1 Å². The van der Waals surface area contributed by atoms with E-state index in [9.17, 15) is 27.2 Å². The van der Waals surface area contributed by atoms with Gasteiger partial charge in [0.2, 0.25) is 6.43 Å². The highest BCUT2D eigenvalue weighted by molar-refractivity contribution is 5.90. The molecule has 1 aromatic heterocycles. The molecular formula is C20H23F5N4O2. The number of alkyl halides is 4. The van der Waals surface area contributed by atoms with Gasteiger partial charge >= 0.3 is 5.69 Å². The number of hydrogen-bond acceptors (Lipinski definition) is 4. The molecule has 0 amide bonds. The Balaban J connectivity index is 1.90. The monoisotopic (exact) mass is 446 g/mol. The van der Waals surface area contributed by atoms with Crippen LogP contribution in [0.4, 0.5) is 27.6 Å². The van der Waals surface area contributed by atoms with Gasteiger partial charge in [0, 0.05) is 37.2 Å². The number of nitrogens with two attached hydrogens (primary N) is 1. The summed E-state index contributed by atoms with van der Waals surface area (Å²) in [6, 6.07) is -1.06. The van der Waals surface area contributed by atoms with Gasteiger partial charge < -0.3 is 10.6 Å². The molecule has 2 atom stereocenters. The topological polar surface area (TPSA) is 84.1 Å². The molecule has 2 aliphatic rings. The first-order valence-corrected chi connectivity index (χ1v) is 10.2. The lowest BCUT2D eigenvalue weighted by Crippen LogP contribution is -2.35. The number of aromatic amines is 1. The van der Waals surface area contributed by atoms with Crippen molar-refractivity contribution >= 4 is 16.6 Å². The first-order chi connectivity index (χ1) is 14.6. The van der Waals surface area contributed by atoms with Gasteiger partial charge in [-0.25, -0.2) is 26.7 Å². The molecule has 1 saturated carbocycles. The van der Waals surface area contributed by atoms with E-state index in [1.54, 1.807) is 0 Å². The number of H-pyrrole nitrogens is 1. The Hall–Kier alpha value is -2.43. The van der Waals surface area contributed by atoms with E-state index in [-0.39, 0.29) is 41.8 Å². The van der Waals surface area contributed by atoms with E-state index in [1.165, 1.54) is 16.4 Å². The number of rotatable bonds is 6. The van der Waals surface area contributed by atoms with Crippen molar-refractivity contribution in [2.75, 3.05) is 18.0 Å². The van der Waals surface area contributed by atoms with E-state index in [0.717, 1.165) is 0 Å². The minimum Gasteiger partial charge on any atom is -0.369 e. The maximum absolute atomic E-state index is 15.4. The molecule has 2 aromatic rings. The van der Waals surface area contributed by atoms with E-state index >= 15 is 4.39 Å². The van der Waals surface area contributed by atoms with Crippen LogP contribution in [0.15, 0.2) is 9.59 Å². The quantitative estimate of drug-likeness (QED) is 0.668. The first kappa shape index (κ1) is 21.8. The maximum atomic E-state index is 15.4. The molecule has 0 spiro atoms. The van der Waals surface area contributed by atoms with Gasteiger partial charge in [0.05, 0.1) is 22.2 Å². The Kier molecular flexibility index (Phi) is 5.57. The van der Waals surface area contributed by atoms with Gasteiger partial charge in [-0.05, 0) is 32.1 Å². The molecule has 1 aliphatic heterocycles. The van der Waals surface area contributed by atoms with Gasteiger partial charge in [0.25, 0.3) is 12.0 Å². The molecule has 2 unspecified atom stereocenters. The third-order valence-electron chi connectivity index (χ3n) is 6.30. The van der Waals surface area contributed by atoms with E-state index in [1.807, 2.05) is 4.98 Å². The van der Waals surface area contributed by atoms with Gasteiger partial charge in [0.1, 0.15) is 0 Å². The summed E-state index contributed by atoms with van der Waals surface area (Å²) in [6.45, 7) is 1.85. The molecule has 11 heteroatoms. The Labute approximate surface area is 173 Å². The zero-order valence-electron chi connectivity index (χ0n) is 16.8. The lowest BCUT2D eigenvalue weighted by atomic mass is 9.97. The van der Waals surface area contributed by atoms with Gasteiger partial charge in [-0.15, -0.1) is 0 Å². The molecule has 2 heterocycles. The van der Waals surface area contributed by atoms with Crippen LogP contribution in [-0.2, 0) is 0 Å². The highest BCUT2D eigenvalue weighted by atomic mass is 19.3. The van der Waals surface area contributed by atoms with Gasteiger partial charge in [-0.2, -0.15) is 0 Å². The molecule has 6 nitrogen and oxygen atoms in total. The normalized spacial score (nSPS) is 20.4. The average Bonchev–Trinajstić information content (AvgIpc) is 3.38. The zero-order valence-corrected chi connectivity index (χ0v) is 16.8. The highest BCUT2D eigenvalue weighted by Gasteiger charge is 2.36. The summed E-state index contributed by atoms with van der Waals surface area (Å²) in [4.78, 5) is 28.4. The maximum Gasteiger partial charge on any atom is 0.329 e. The Morgan fingerprint density at radius 1 is 1.16 bits per heavy atom. The van der Waals surface area contributed by atoms with Crippen LogP contribution >= 0.6 is 0 Å². The third kappa shape index (κ3) is 3.72.